The highest BCUT2D eigenvalue weighted by Gasteiger charge is 2.13. The van der Waals surface area contributed by atoms with E-state index < -0.39 is 0 Å². The predicted molar refractivity (Wildman–Crippen MR) is 46.4 cm³/mol. The molecule has 1 rings (SSSR count). The lowest BCUT2D eigenvalue weighted by Gasteiger charge is -2.08. The summed E-state index contributed by atoms with van der Waals surface area (Å²) in [6.07, 6.45) is 1.81. The number of hydrogen-bond acceptors (Lipinski definition) is 5. The number of hydrogen-bond donors (Lipinski definition) is 3. The zero-order chi connectivity index (χ0) is 9.14. The van der Waals surface area contributed by atoms with E-state index in [4.69, 9.17) is 17.3 Å². The maximum Gasteiger partial charge on any atom is 0.240 e. The molecular formula is C6H14N6. The first kappa shape index (κ1) is 8.79. The van der Waals surface area contributed by atoms with E-state index in [0.717, 1.165) is 12.8 Å². The molecule has 1 aromatic rings. The van der Waals surface area contributed by atoms with E-state index in [9.17, 15) is 0 Å². The smallest absolute Gasteiger partial charge is 0.240 e. The molecule has 1 atom stereocenters. The summed E-state index contributed by atoms with van der Waals surface area (Å²) in [5.41, 5.74) is 11.1. The van der Waals surface area contributed by atoms with Gasteiger partial charge in [-0.25, -0.2) is 4.68 Å². The van der Waals surface area contributed by atoms with Crippen LogP contribution in [0.15, 0.2) is 0 Å². The Labute approximate surface area is 70.7 Å². The molecule has 6 N–H and O–H groups in total. The number of nitrogen functional groups attached to an aromatic ring is 2. The van der Waals surface area contributed by atoms with Crippen LogP contribution in [0, 0.1) is 0 Å². The summed E-state index contributed by atoms with van der Waals surface area (Å²) in [5.74, 6) is 6.25. The molecule has 68 valence electrons. The quantitative estimate of drug-likeness (QED) is 0.523. The fraction of sp³-hybridized carbons (Fsp3) is 0.667. The van der Waals surface area contributed by atoms with Crippen LogP contribution in [0.2, 0.25) is 0 Å². The third-order valence-electron chi connectivity index (χ3n) is 1.68. The first-order valence-electron chi connectivity index (χ1n) is 3.88. The Balaban J connectivity index is 2.80. The molecule has 12 heavy (non-hydrogen) atoms. The van der Waals surface area contributed by atoms with Gasteiger partial charge in [-0.05, 0) is 6.42 Å². The van der Waals surface area contributed by atoms with Gasteiger partial charge in [0.15, 0.2) is 5.82 Å². The number of aromatic nitrogens is 3. The fourth-order valence-electron chi connectivity index (χ4n) is 1.01. The van der Waals surface area contributed by atoms with E-state index >= 15 is 0 Å². The van der Waals surface area contributed by atoms with Crippen LogP contribution in [0.25, 0.3) is 0 Å². The average molecular weight is 170 g/mol. The normalized spacial score (nSPS) is 13.2. The van der Waals surface area contributed by atoms with E-state index in [1.54, 1.807) is 0 Å². The highest BCUT2D eigenvalue weighted by Crippen LogP contribution is 2.12. The Morgan fingerprint density at radius 1 is 1.50 bits per heavy atom. The Hall–Kier alpha value is -1.30. The second-order valence-electron chi connectivity index (χ2n) is 2.68. The number of anilines is 1. The summed E-state index contributed by atoms with van der Waals surface area (Å²) in [4.78, 5) is 0. The molecule has 6 nitrogen and oxygen atoms in total. The van der Waals surface area contributed by atoms with Crippen molar-refractivity contribution in [2.75, 3.05) is 11.6 Å². The van der Waals surface area contributed by atoms with Gasteiger partial charge in [0.05, 0.1) is 6.04 Å². The molecule has 0 unspecified atom stereocenters. The summed E-state index contributed by atoms with van der Waals surface area (Å²) in [6.45, 7) is 2.04. The minimum Gasteiger partial charge on any atom is -0.366 e. The van der Waals surface area contributed by atoms with Crippen LogP contribution in [-0.4, -0.2) is 14.9 Å². The maximum atomic E-state index is 5.76. The second kappa shape index (κ2) is 3.40. The number of rotatable bonds is 3. The van der Waals surface area contributed by atoms with Gasteiger partial charge in [-0.15, -0.1) is 10.2 Å². The van der Waals surface area contributed by atoms with E-state index in [0.29, 0.717) is 5.82 Å². The molecule has 0 saturated carbocycles. The van der Waals surface area contributed by atoms with Crippen molar-refractivity contribution in [3.63, 3.8) is 0 Å². The van der Waals surface area contributed by atoms with E-state index in [1.807, 2.05) is 6.92 Å². The highest BCUT2D eigenvalue weighted by molar-refractivity contribution is 5.18. The summed E-state index contributed by atoms with van der Waals surface area (Å²) >= 11 is 0. The molecule has 0 bridgehead atoms. The van der Waals surface area contributed by atoms with Crippen molar-refractivity contribution in [1.29, 1.82) is 0 Å². The molecule has 6 heteroatoms. The molecule has 1 aromatic heterocycles. The lowest BCUT2D eigenvalue weighted by Crippen LogP contribution is -2.22. The molecule has 0 aromatic carbocycles. The van der Waals surface area contributed by atoms with Crippen molar-refractivity contribution >= 4 is 5.95 Å². The van der Waals surface area contributed by atoms with Crippen molar-refractivity contribution in [1.82, 2.24) is 14.9 Å². The van der Waals surface area contributed by atoms with Gasteiger partial charge in [0, 0.05) is 0 Å². The molecular weight excluding hydrogens is 156 g/mol. The standard InChI is InChI=1S/C6H14N6/c1-2-3-4(7)5-10-11-6(8)12(5)9/h4H,2-3,7,9H2,1H3,(H2,8,11)/t4-/m1/s1. The minimum absolute atomic E-state index is 0.176. The zero-order valence-electron chi connectivity index (χ0n) is 7.07. The van der Waals surface area contributed by atoms with Gasteiger partial charge >= 0.3 is 0 Å². The number of nitrogens with zero attached hydrogens (tertiary/aromatic N) is 3. The van der Waals surface area contributed by atoms with E-state index in [2.05, 4.69) is 10.2 Å². The molecule has 0 saturated heterocycles. The SMILES string of the molecule is CCC[C@@H](N)c1nnc(N)n1N. The van der Waals surface area contributed by atoms with Crippen molar-refractivity contribution in [3.05, 3.63) is 5.82 Å². The molecule has 0 amide bonds. The van der Waals surface area contributed by atoms with Gasteiger partial charge in [0.25, 0.3) is 0 Å². The summed E-state index contributed by atoms with van der Waals surface area (Å²) in [7, 11) is 0. The van der Waals surface area contributed by atoms with Crippen LogP contribution in [-0.2, 0) is 0 Å². The highest BCUT2D eigenvalue weighted by atomic mass is 15.4. The Morgan fingerprint density at radius 3 is 2.58 bits per heavy atom. The van der Waals surface area contributed by atoms with Crippen molar-refractivity contribution in [2.45, 2.75) is 25.8 Å². The van der Waals surface area contributed by atoms with Crippen LogP contribution in [0.3, 0.4) is 0 Å². The topological polar surface area (TPSA) is 109 Å². The van der Waals surface area contributed by atoms with Gasteiger partial charge in [-0.1, -0.05) is 13.3 Å². The van der Waals surface area contributed by atoms with E-state index in [-0.39, 0.29) is 12.0 Å². The minimum atomic E-state index is -0.176. The summed E-state index contributed by atoms with van der Waals surface area (Å²) in [6, 6.07) is -0.176. The Bertz CT molecular complexity index is 255. The van der Waals surface area contributed by atoms with Gasteiger partial charge in [0.2, 0.25) is 5.95 Å². The Kier molecular flexibility index (Phi) is 2.49. The largest absolute Gasteiger partial charge is 0.366 e. The maximum absolute atomic E-state index is 5.76. The van der Waals surface area contributed by atoms with Crippen LogP contribution in [0.5, 0.6) is 0 Å². The van der Waals surface area contributed by atoms with Crippen molar-refractivity contribution in [3.8, 4) is 0 Å². The molecule has 1 heterocycles. The van der Waals surface area contributed by atoms with Crippen molar-refractivity contribution in [2.24, 2.45) is 5.73 Å². The van der Waals surface area contributed by atoms with Gasteiger partial charge < -0.3 is 17.3 Å². The van der Waals surface area contributed by atoms with Crippen LogP contribution < -0.4 is 17.3 Å². The average Bonchev–Trinajstić information content (AvgIpc) is 2.34. The first-order valence-corrected chi connectivity index (χ1v) is 3.88. The van der Waals surface area contributed by atoms with Crippen LogP contribution in [0.1, 0.15) is 31.6 Å². The number of nitrogens with two attached hydrogens (primary N) is 3. The van der Waals surface area contributed by atoms with E-state index in [1.165, 1.54) is 4.68 Å². The summed E-state index contributed by atoms with van der Waals surface area (Å²) < 4.78 is 1.22. The molecule has 0 aliphatic rings. The molecule has 0 aliphatic heterocycles. The lowest BCUT2D eigenvalue weighted by molar-refractivity contribution is 0.586. The summed E-state index contributed by atoms with van der Waals surface area (Å²) in [5, 5.41) is 7.38. The lowest BCUT2D eigenvalue weighted by atomic mass is 10.2. The zero-order valence-corrected chi connectivity index (χ0v) is 7.07. The Morgan fingerprint density at radius 2 is 2.17 bits per heavy atom. The van der Waals surface area contributed by atoms with Crippen LogP contribution >= 0.6 is 0 Å². The molecule has 0 radical (unpaired) electrons. The molecule has 0 aliphatic carbocycles. The fourth-order valence-corrected chi connectivity index (χ4v) is 1.01. The predicted octanol–water partition coefficient (Wildman–Crippen LogP) is -0.626. The van der Waals surface area contributed by atoms with Gasteiger partial charge in [-0.2, -0.15) is 0 Å². The third-order valence-corrected chi connectivity index (χ3v) is 1.68. The second-order valence-corrected chi connectivity index (χ2v) is 2.68. The monoisotopic (exact) mass is 170 g/mol. The molecule has 0 spiro atoms. The van der Waals surface area contributed by atoms with Crippen molar-refractivity contribution < 1.29 is 0 Å². The van der Waals surface area contributed by atoms with Gasteiger partial charge in [-0.3, -0.25) is 0 Å². The van der Waals surface area contributed by atoms with Gasteiger partial charge in [0.1, 0.15) is 0 Å². The molecule has 0 fully saturated rings. The third kappa shape index (κ3) is 1.48. The van der Waals surface area contributed by atoms with Crippen LogP contribution in [0.4, 0.5) is 5.95 Å². The first-order chi connectivity index (χ1) is 5.66.